The van der Waals surface area contributed by atoms with Gasteiger partial charge in [0.15, 0.2) is 0 Å². The van der Waals surface area contributed by atoms with Crippen molar-refractivity contribution in [3.63, 3.8) is 0 Å². The number of halogens is 1. The summed E-state index contributed by atoms with van der Waals surface area (Å²) in [7, 11) is 0. The molecule has 2 aromatic carbocycles. The second kappa shape index (κ2) is 13.1. The zero-order valence-electron chi connectivity index (χ0n) is 21.4. The number of benzene rings is 2. The number of nitro groups is 1. The van der Waals surface area contributed by atoms with Crippen LogP contribution < -0.4 is 0 Å². The van der Waals surface area contributed by atoms with Crippen LogP contribution >= 0.6 is 0 Å². The molecule has 9 heteroatoms. The van der Waals surface area contributed by atoms with E-state index in [0.717, 1.165) is 45.3 Å². The molecule has 198 valence electrons. The number of aliphatic hydroxyl groups excluding tert-OH is 1. The van der Waals surface area contributed by atoms with Crippen molar-refractivity contribution < 1.29 is 24.0 Å². The highest BCUT2D eigenvalue weighted by atomic mass is 19.1. The van der Waals surface area contributed by atoms with Gasteiger partial charge in [-0.2, -0.15) is 0 Å². The van der Waals surface area contributed by atoms with Gasteiger partial charge in [-0.05, 0) is 57.1 Å². The third-order valence-electron chi connectivity index (χ3n) is 6.62. The highest BCUT2D eigenvalue weighted by Crippen LogP contribution is 2.40. The first kappa shape index (κ1) is 28.0. The van der Waals surface area contributed by atoms with E-state index in [1.807, 2.05) is 0 Å². The van der Waals surface area contributed by atoms with Gasteiger partial charge in [-0.3, -0.25) is 19.7 Å². The van der Waals surface area contributed by atoms with Crippen LogP contribution in [0, 0.1) is 15.9 Å². The van der Waals surface area contributed by atoms with Gasteiger partial charge in [0, 0.05) is 29.8 Å². The summed E-state index contributed by atoms with van der Waals surface area (Å²) in [4.78, 5) is 40.3. The molecule has 1 aliphatic rings. The lowest BCUT2D eigenvalue weighted by atomic mass is 9.95. The molecule has 0 bridgehead atoms. The number of likely N-dealkylation sites (tertiary alicyclic amines) is 1. The third kappa shape index (κ3) is 6.60. The predicted octanol–water partition coefficient (Wildman–Crippen LogP) is 5.45. The molecule has 1 amide bonds. The normalized spacial score (nSPS) is 17.1. The predicted molar refractivity (Wildman–Crippen MR) is 139 cm³/mol. The summed E-state index contributed by atoms with van der Waals surface area (Å²) in [5, 5.41) is 22.1. The number of aliphatic hydroxyl groups is 1. The molecule has 1 aliphatic heterocycles. The molecule has 0 aromatic heterocycles. The average Bonchev–Trinajstić information content (AvgIpc) is 3.14. The number of carbonyl (C=O) groups is 2. The molecule has 3 rings (SSSR count). The Kier molecular flexibility index (Phi) is 9.91. The summed E-state index contributed by atoms with van der Waals surface area (Å²) < 4.78 is 14.9. The number of carbonyl (C=O) groups excluding carboxylic acids is 2. The number of rotatable bonds is 13. The van der Waals surface area contributed by atoms with Crippen molar-refractivity contribution >= 4 is 23.1 Å². The highest BCUT2D eigenvalue weighted by Gasteiger charge is 2.46. The second-order valence-corrected chi connectivity index (χ2v) is 9.22. The minimum Gasteiger partial charge on any atom is -0.507 e. The molecule has 0 unspecified atom stereocenters. The molecule has 1 atom stereocenters. The van der Waals surface area contributed by atoms with Crippen molar-refractivity contribution in [3.05, 3.63) is 81.2 Å². The van der Waals surface area contributed by atoms with Crippen molar-refractivity contribution in [1.29, 1.82) is 0 Å². The quantitative estimate of drug-likeness (QED) is 0.126. The van der Waals surface area contributed by atoms with Crippen LogP contribution in [0.5, 0.6) is 0 Å². The first-order valence-corrected chi connectivity index (χ1v) is 12.8. The molecule has 2 aromatic rings. The zero-order chi connectivity index (χ0) is 26.9. The first-order valence-electron chi connectivity index (χ1n) is 12.8. The number of Topliss-reactive ketones (excluding diaryl/α,β-unsaturated/α-hetero) is 1. The third-order valence-corrected chi connectivity index (χ3v) is 6.62. The average molecular weight is 512 g/mol. The van der Waals surface area contributed by atoms with Gasteiger partial charge in [0.2, 0.25) is 0 Å². The number of amides is 1. The number of unbranched alkanes of at least 4 members (excludes halogenated alkanes) is 2. The molecule has 1 heterocycles. The smallest absolute Gasteiger partial charge is 0.295 e. The molecule has 0 aliphatic carbocycles. The van der Waals surface area contributed by atoms with Gasteiger partial charge in [0.25, 0.3) is 17.4 Å². The first-order chi connectivity index (χ1) is 17.8. The molecule has 1 saturated heterocycles. The maximum absolute atomic E-state index is 14.9. The molecule has 8 nitrogen and oxygen atoms in total. The van der Waals surface area contributed by atoms with Crippen LogP contribution in [0.15, 0.2) is 54.1 Å². The monoisotopic (exact) mass is 511 g/mol. The molecular weight excluding hydrogens is 477 g/mol. The van der Waals surface area contributed by atoms with Gasteiger partial charge in [-0.15, -0.1) is 0 Å². The lowest BCUT2D eigenvalue weighted by Crippen LogP contribution is -2.34. The Balaban J connectivity index is 1.94. The van der Waals surface area contributed by atoms with Crippen LogP contribution in [0.2, 0.25) is 0 Å². The van der Waals surface area contributed by atoms with Crippen molar-refractivity contribution in [2.24, 2.45) is 0 Å². The Hall–Kier alpha value is -3.59. The van der Waals surface area contributed by atoms with Crippen LogP contribution in [0.1, 0.15) is 63.1 Å². The fraction of sp³-hybridized carbons (Fsp3) is 0.429. The molecule has 0 radical (unpaired) electrons. The molecule has 0 saturated carbocycles. The van der Waals surface area contributed by atoms with Gasteiger partial charge >= 0.3 is 0 Å². The fourth-order valence-corrected chi connectivity index (χ4v) is 4.59. The topological polar surface area (TPSA) is 104 Å². The van der Waals surface area contributed by atoms with Crippen molar-refractivity contribution in [1.82, 2.24) is 9.80 Å². The minimum absolute atomic E-state index is 0.110. The van der Waals surface area contributed by atoms with Crippen LogP contribution in [0.3, 0.4) is 0 Å². The number of non-ortho nitro benzene ring substituents is 1. The van der Waals surface area contributed by atoms with E-state index in [1.54, 1.807) is 6.07 Å². The van der Waals surface area contributed by atoms with Gasteiger partial charge in [-0.1, -0.05) is 44.9 Å². The molecule has 1 fully saturated rings. The fourth-order valence-electron chi connectivity index (χ4n) is 4.59. The maximum atomic E-state index is 14.9. The minimum atomic E-state index is -1.10. The maximum Gasteiger partial charge on any atom is 0.295 e. The molecule has 37 heavy (non-hydrogen) atoms. The van der Waals surface area contributed by atoms with Crippen molar-refractivity contribution in [2.75, 3.05) is 26.2 Å². The number of ketones is 1. The summed E-state index contributed by atoms with van der Waals surface area (Å²) in [6, 6.07) is 9.78. The van der Waals surface area contributed by atoms with E-state index in [-0.39, 0.29) is 28.9 Å². The number of hydrogen-bond donors (Lipinski definition) is 1. The lowest BCUT2D eigenvalue weighted by molar-refractivity contribution is -0.384. The van der Waals surface area contributed by atoms with E-state index in [0.29, 0.717) is 6.42 Å². The summed E-state index contributed by atoms with van der Waals surface area (Å²) in [6.07, 6.45) is 4.88. The van der Waals surface area contributed by atoms with Crippen LogP contribution in [-0.2, 0) is 9.59 Å². The van der Waals surface area contributed by atoms with Crippen molar-refractivity contribution in [3.8, 4) is 0 Å². The molecular formula is C28H34FN3O5. The van der Waals surface area contributed by atoms with Crippen molar-refractivity contribution in [2.45, 2.75) is 52.0 Å². The van der Waals surface area contributed by atoms with E-state index >= 15 is 0 Å². The van der Waals surface area contributed by atoms with Gasteiger partial charge in [0.05, 0.1) is 16.5 Å². The lowest BCUT2D eigenvalue weighted by Gasteiger charge is -2.27. The summed E-state index contributed by atoms with van der Waals surface area (Å²) in [5.41, 5.74) is -0.162. The highest BCUT2D eigenvalue weighted by molar-refractivity contribution is 6.46. The number of hydrogen-bond acceptors (Lipinski definition) is 6. The Morgan fingerprint density at radius 3 is 2.16 bits per heavy atom. The van der Waals surface area contributed by atoms with E-state index < -0.39 is 34.2 Å². The standard InChI is InChI=1S/C28H34FN3O5/c1-3-5-16-30(17-6-4-2)18-9-19-31-25(22-10-7-8-11-23(22)29)24(27(34)28(31)35)26(33)20-12-14-21(15-13-20)32(36)37/h7-8,10-15,25,33H,3-6,9,16-19H2,1-2H3/t25-/m1/s1. The largest absolute Gasteiger partial charge is 0.507 e. The van der Waals surface area contributed by atoms with Gasteiger partial charge in [-0.25, -0.2) is 4.39 Å². The van der Waals surface area contributed by atoms with E-state index in [1.165, 1.54) is 47.4 Å². The Morgan fingerprint density at radius 1 is 1.00 bits per heavy atom. The Morgan fingerprint density at radius 2 is 1.59 bits per heavy atom. The summed E-state index contributed by atoms with van der Waals surface area (Å²) in [6.45, 7) is 7.12. The SMILES string of the molecule is CCCCN(CCCC)CCCN1C(=O)C(=O)C(=C(O)c2ccc([N+](=O)[O-])cc2)[C@H]1c1ccccc1F. The number of nitrogens with zero attached hydrogens (tertiary/aromatic N) is 3. The summed E-state index contributed by atoms with van der Waals surface area (Å²) >= 11 is 0. The Labute approximate surface area is 216 Å². The number of nitro benzene ring substituents is 1. The zero-order valence-corrected chi connectivity index (χ0v) is 21.4. The summed E-state index contributed by atoms with van der Waals surface area (Å²) in [5.74, 6) is -2.79. The second-order valence-electron chi connectivity index (χ2n) is 9.22. The van der Waals surface area contributed by atoms with Gasteiger partial charge in [0.1, 0.15) is 11.6 Å². The van der Waals surface area contributed by atoms with Gasteiger partial charge < -0.3 is 14.9 Å². The van der Waals surface area contributed by atoms with Crippen LogP contribution in [-0.4, -0.2) is 57.7 Å². The van der Waals surface area contributed by atoms with E-state index in [4.69, 9.17) is 0 Å². The van der Waals surface area contributed by atoms with E-state index in [9.17, 15) is 29.2 Å². The Bertz CT molecular complexity index is 1140. The van der Waals surface area contributed by atoms with E-state index in [2.05, 4.69) is 18.7 Å². The molecule has 1 N–H and O–H groups in total. The van der Waals surface area contributed by atoms with Crippen LogP contribution in [0.4, 0.5) is 10.1 Å². The molecule has 0 spiro atoms. The van der Waals surface area contributed by atoms with Crippen LogP contribution in [0.25, 0.3) is 5.76 Å².